The van der Waals surface area contributed by atoms with Crippen LogP contribution in [0, 0.1) is 5.82 Å². The van der Waals surface area contributed by atoms with E-state index in [1.807, 2.05) is 13.0 Å². The summed E-state index contributed by atoms with van der Waals surface area (Å²) in [4.78, 5) is 27.0. The maximum atomic E-state index is 14.0. The summed E-state index contributed by atoms with van der Waals surface area (Å²) in [5.41, 5.74) is 1.19. The van der Waals surface area contributed by atoms with Crippen molar-refractivity contribution >= 4 is 46.8 Å². The minimum atomic E-state index is -0.652. The Morgan fingerprint density at radius 1 is 1.20 bits per heavy atom. The largest absolute Gasteiger partial charge is 0.354 e. The number of nitrogens with zero attached hydrogens (tertiary/aromatic N) is 1. The molecule has 4 nitrogen and oxygen atoms in total. The fourth-order valence-electron chi connectivity index (χ4n) is 2.80. The Hall–Kier alpha value is -1.76. The molecule has 1 atom stereocenters. The molecule has 2 rings (SSSR count). The van der Waals surface area contributed by atoms with E-state index in [0.29, 0.717) is 22.2 Å². The Kier molecular flexibility index (Phi) is 9.95. The van der Waals surface area contributed by atoms with Crippen LogP contribution in [0.3, 0.4) is 0 Å². The number of nitrogens with one attached hydrogen (secondary N) is 1. The van der Waals surface area contributed by atoms with Gasteiger partial charge in [0, 0.05) is 34.5 Å². The molecule has 0 heterocycles. The summed E-state index contributed by atoms with van der Waals surface area (Å²) in [5.74, 6) is -0.471. The van der Waals surface area contributed by atoms with Crippen LogP contribution < -0.4 is 5.32 Å². The van der Waals surface area contributed by atoms with Gasteiger partial charge < -0.3 is 10.2 Å². The first-order chi connectivity index (χ1) is 14.3. The Morgan fingerprint density at radius 2 is 1.93 bits per heavy atom. The minimum absolute atomic E-state index is 0.0939. The molecule has 0 radical (unpaired) electrons. The normalized spacial score (nSPS) is 11.8. The van der Waals surface area contributed by atoms with Crippen molar-refractivity contribution < 1.29 is 14.0 Å². The minimum Gasteiger partial charge on any atom is -0.354 e. The number of thioether (sulfide) groups is 1. The molecule has 30 heavy (non-hydrogen) atoms. The molecule has 0 saturated heterocycles. The highest BCUT2D eigenvalue weighted by molar-refractivity contribution is 7.99. The molecule has 0 aliphatic heterocycles. The Labute approximate surface area is 191 Å². The highest BCUT2D eigenvalue weighted by Crippen LogP contribution is 2.24. The zero-order chi connectivity index (χ0) is 22.1. The van der Waals surface area contributed by atoms with E-state index in [4.69, 9.17) is 23.2 Å². The predicted octanol–water partition coefficient (Wildman–Crippen LogP) is 5.31. The van der Waals surface area contributed by atoms with Gasteiger partial charge in [-0.2, -0.15) is 0 Å². The van der Waals surface area contributed by atoms with Crippen LogP contribution >= 0.6 is 35.0 Å². The fraction of sp³-hybridized carbons (Fsp3) is 0.364. The van der Waals surface area contributed by atoms with Crippen LogP contribution in [0.5, 0.6) is 0 Å². The van der Waals surface area contributed by atoms with E-state index in [0.717, 1.165) is 12.0 Å². The van der Waals surface area contributed by atoms with E-state index >= 15 is 0 Å². The molecule has 0 fully saturated rings. The second-order valence-corrected chi connectivity index (χ2v) is 8.64. The van der Waals surface area contributed by atoms with Gasteiger partial charge in [0.15, 0.2) is 0 Å². The molecule has 2 aromatic rings. The second-order valence-electron chi connectivity index (χ2n) is 6.81. The molecular formula is C22H25Cl2FN2O2S. The third-order valence-electron chi connectivity index (χ3n) is 4.49. The molecule has 1 N–H and O–H groups in total. The van der Waals surface area contributed by atoms with E-state index in [2.05, 4.69) is 5.32 Å². The molecule has 162 valence electrons. The number of hydrogen-bond donors (Lipinski definition) is 1. The van der Waals surface area contributed by atoms with Crippen LogP contribution in [0.4, 0.5) is 4.39 Å². The van der Waals surface area contributed by atoms with Crippen LogP contribution in [0.2, 0.25) is 10.0 Å². The topological polar surface area (TPSA) is 49.4 Å². The standard InChI is InChI=1S/C22H25Cl2FN2O2S/c1-3-10-26-22(29)15(2)27(12-16-6-4-7-17(23)11-16)21(28)14-30-13-18-19(24)8-5-9-20(18)25/h4-9,11,15H,3,10,12-14H2,1-2H3,(H,26,29). The molecule has 2 amide bonds. The molecule has 0 aromatic heterocycles. The lowest BCUT2D eigenvalue weighted by Crippen LogP contribution is -2.48. The molecule has 0 aliphatic carbocycles. The van der Waals surface area contributed by atoms with E-state index in [1.165, 1.54) is 22.7 Å². The number of rotatable bonds is 10. The van der Waals surface area contributed by atoms with Crippen LogP contribution in [0.1, 0.15) is 31.4 Å². The van der Waals surface area contributed by atoms with Crippen LogP contribution in [0.25, 0.3) is 0 Å². The molecule has 0 saturated carbocycles. The Bertz CT molecular complexity index is 862. The maximum Gasteiger partial charge on any atom is 0.242 e. The first kappa shape index (κ1) is 24.5. The lowest BCUT2D eigenvalue weighted by atomic mass is 10.1. The highest BCUT2D eigenvalue weighted by Gasteiger charge is 2.26. The van der Waals surface area contributed by atoms with Gasteiger partial charge in [0.05, 0.1) is 5.75 Å². The maximum absolute atomic E-state index is 14.0. The zero-order valence-electron chi connectivity index (χ0n) is 17.0. The molecule has 8 heteroatoms. The number of carbonyl (C=O) groups excluding carboxylic acids is 2. The average Bonchev–Trinajstić information content (AvgIpc) is 2.71. The van der Waals surface area contributed by atoms with Crippen molar-refractivity contribution in [2.75, 3.05) is 12.3 Å². The third-order valence-corrected chi connectivity index (χ3v) is 6.03. The van der Waals surface area contributed by atoms with Crippen molar-refractivity contribution in [2.24, 2.45) is 0 Å². The third kappa shape index (κ3) is 7.18. The van der Waals surface area contributed by atoms with Gasteiger partial charge in [-0.1, -0.05) is 48.3 Å². The number of halogens is 3. The molecule has 1 unspecified atom stereocenters. The molecule has 0 bridgehead atoms. The van der Waals surface area contributed by atoms with Gasteiger partial charge in [-0.05, 0) is 43.2 Å². The van der Waals surface area contributed by atoms with Gasteiger partial charge in [-0.15, -0.1) is 11.8 Å². The van der Waals surface area contributed by atoms with Crippen molar-refractivity contribution in [1.29, 1.82) is 0 Å². The quantitative estimate of drug-likeness (QED) is 0.511. The van der Waals surface area contributed by atoms with Crippen LogP contribution in [0.15, 0.2) is 42.5 Å². The summed E-state index contributed by atoms with van der Waals surface area (Å²) in [6.07, 6.45) is 0.806. The predicted molar refractivity (Wildman–Crippen MR) is 122 cm³/mol. The van der Waals surface area contributed by atoms with Gasteiger partial charge in [-0.3, -0.25) is 9.59 Å². The lowest BCUT2D eigenvalue weighted by Gasteiger charge is -2.29. The first-order valence-electron chi connectivity index (χ1n) is 9.65. The van der Waals surface area contributed by atoms with Crippen LogP contribution in [-0.4, -0.2) is 35.1 Å². The average molecular weight is 471 g/mol. The van der Waals surface area contributed by atoms with Crippen molar-refractivity contribution in [3.8, 4) is 0 Å². The van der Waals surface area contributed by atoms with E-state index in [9.17, 15) is 14.0 Å². The zero-order valence-corrected chi connectivity index (χ0v) is 19.3. The van der Waals surface area contributed by atoms with Gasteiger partial charge in [-0.25, -0.2) is 4.39 Å². The monoisotopic (exact) mass is 470 g/mol. The van der Waals surface area contributed by atoms with Gasteiger partial charge in [0.1, 0.15) is 11.9 Å². The van der Waals surface area contributed by atoms with Gasteiger partial charge >= 0.3 is 0 Å². The summed E-state index contributed by atoms with van der Waals surface area (Å²) in [6.45, 7) is 4.46. The van der Waals surface area contributed by atoms with Crippen molar-refractivity contribution in [2.45, 2.75) is 38.6 Å². The van der Waals surface area contributed by atoms with E-state index in [1.54, 1.807) is 37.3 Å². The van der Waals surface area contributed by atoms with Crippen molar-refractivity contribution in [1.82, 2.24) is 10.2 Å². The molecule has 0 spiro atoms. The van der Waals surface area contributed by atoms with Gasteiger partial charge in [0.2, 0.25) is 11.8 Å². The van der Waals surface area contributed by atoms with Crippen molar-refractivity contribution in [3.05, 3.63) is 69.5 Å². The smallest absolute Gasteiger partial charge is 0.242 e. The number of carbonyl (C=O) groups is 2. The van der Waals surface area contributed by atoms with Crippen LogP contribution in [-0.2, 0) is 21.9 Å². The van der Waals surface area contributed by atoms with Crippen molar-refractivity contribution in [3.63, 3.8) is 0 Å². The molecule has 2 aromatic carbocycles. The fourth-order valence-corrected chi connectivity index (χ4v) is 4.27. The number of amides is 2. The number of hydrogen-bond acceptors (Lipinski definition) is 3. The Morgan fingerprint density at radius 3 is 2.60 bits per heavy atom. The SMILES string of the molecule is CCCNC(=O)C(C)N(Cc1cccc(Cl)c1)C(=O)CSCc1c(F)cccc1Cl. The molecular weight excluding hydrogens is 446 g/mol. The molecule has 0 aliphatic rings. The van der Waals surface area contributed by atoms with E-state index in [-0.39, 0.29) is 29.9 Å². The summed E-state index contributed by atoms with van der Waals surface area (Å²) in [6, 6.07) is 11.0. The number of benzene rings is 2. The lowest BCUT2D eigenvalue weighted by molar-refractivity contribution is -0.138. The Balaban J connectivity index is 2.09. The second kappa shape index (κ2) is 12.2. The summed E-state index contributed by atoms with van der Waals surface area (Å²) in [5, 5.41) is 3.72. The summed E-state index contributed by atoms with van der Waals surface area (Å²) >= 11 is 13.4. The highest BCUT2D eigenvalue weighted by atomic mass is 35.5. The first-order valence-corrected chi connectivity index (χ1v) is 11.6. The van der Waals surface area contributed by atoms with Gasteiger partial charge in [0.25, 0.3) is 0 Å². The van der Waals surface area contributed by atoms with E-state index < -0.39 is 11.9 Å². The summed E-state index contributed by atoms with van der Waals surface area (Å²) in [7, 11) is 0. The summed E-state index contributed by atoms with van der Waals surface area (Å²) < 4.78 is 14.0.